The highest BCUT2D eigenvalue weighted by Gasteiger charge is 2.21. The van der Waals surface area contributed by atoms with Crippen LogP contribution < -0.4 is 16.0 Å². The number of nitrogens with one attached hydrogen (secondary N) is 3. The lowest BCUT2D eigenvalue weighted by molar-refractivity contribution is -0.118. The average molecular weight is 401 g/mol. The number of rotatable bonds is 7. The maximum absolute atomic E-state index is 12.9. The summed E-state index contributed by atoms with van der Waals surface area (Å²) < 4.78 is 0. The highest BCUT2D eigenvalue weighted by atomic mass is 16.2. The Morgan fingerprint density at radius 3 is 2.00 bits per heavy atom. The fourth-order valence-corrected chi connectivity index (χ4v) is 2.91. The van der Waals surface area contributed by atoms with Crippen molar-refractivity contribution in [3.05, 3.63) is 96.1 Å². The minimum atomic E-state index is -0.712. The minimum Gasteiger partial charge on any atom is -0.340 e. The zero-order valence-electron chi connectivity index (χ0n) is 16.6. The van der Waals surface area contributed by atoms with Gasteiger partial charge < -0.3 is 16.0 Å². The summed E-state index contributed by atoms with van der Waals surface area (Å²) in [5.41, 5.74) is 1.81. The molecule has 0 unspecified atom stereocenters. The van der Waals surface area contributed by atoms with Crippen LogP contribution in [-0.4, -0.2) is 23.8 Å². The topological polar surface area (TPSA) is 87.3 Å². The highest BCUT2D eigenvalue weighted by Crippen LogP contribution is 2.17. The van der Waals surface area contributed by atoms with Crippen LogP contribution in [0.3, 0.4) is 0 Å². The number of anilines is 2. The predicted molar refractivity (Wildman–Crippen MR) is 117 cm³/mol. The normalized spacial score (nSPS) is 11.2. The van der Waals surface area contributed by atoms with Gasteiger partial charge in [0.15, 0.2) is 0 Å². The van der Waals surface area contributed by atoms with E-state index in [1.165, 1.54) is 0 Å². The summed E-state index contributed by atoms with van der Waals surface area (Å²) in [6, 6.07) is 23.8. The third kappa shape index (κ3) is 5.32. The van der Waals surface area contributed by atoms with Crippen molar-refractivity contribution >= 4 is 29.1 Å². The number of hydrogen-bond donors (Lipinski definition) is 3. The van der Waals surface area contributed by atoms with Gasteiger partial charge in [0.1, 0.15) is 6.04 Å². The van der Waals surface area contributed by atoms with Crippen LogP contribution in [0.15, 0.2) is 84.9 Å². The Kier molecular flexibility index (Phi) is 6.95. The number of benzene rings is 3. The smallest absolute Gasteiger partial charge is 0.255 e. The molecule has 0 aliphatic rings. The van der Waals surface area contributed by atoms with E-state index in [2.05, 4.69) is 16.0 Å². The van der Waals surface area contributed by atoms with Crippen molar-refractivity contribution in [2.24, 2.45) is 0 Å². The van der Waals surface area contributed by atoms with Crippen LogP contribution >= 0.6 is 0 Å². The molecule has 0 saturated carbocycles. The van der Waals surface area contributed by atoms with Crippen LogP contribution in [0.1, 0.15) is 34.1 Å². The summed E-state index contributed by atoms with van der Waals surface area (Å²) >= 11 is 0. The molecule has 3 aromatic rings. The summed E-state index contributed by atoms with van der Waals surface area (Å²) in [6.45, 7) is 1.82. The van der Waals surface area contributed by atoms with E-state index in [4.69, 9.17) is 0 Å². The second-order valence-corrected chi connectivity index (χ2v) is 6.66. The van der Waals surface area contributed by atoms with Crippen molar-refractivity contribution in [3.63, 3.8) is 0 Å². The maximum atomic E-state index is 12.9. The van der Waals surface area contributed by atoms with Gasteiger partial charge in [-0.2, -0.15) is 0 Å². The van der Waals surface area contributed by atoms with Crippen LogP contribution in [0.4, 0.5) is 11.4 Å². The molecule has 0 spiro atoms. The quantitative estimate of drug-likeness (QED) is 0.557. The lowest BCUT2D eigenvalue weighted by Crippen LogP contribution is -2.43. The Morgan fingerprint density at radius 1 is 0.733 bits per heavy atom. The SMILES string of the molecule is CC[C@@H](NC(=O)c1ccccc1NC(=O)c1ccccc1)C(=O)Nc1ccccc1. The molecule has 0 saturated heterocycles. The molecule has 0 bridgehead atoms. The van der Waals surface area contributed by atoms with Crippen LogP contribution in [-0.2, 0) is 4.79 Å². The van der Waals surface area contributed by atoms with Gasteiger partial charge in [-0.25, -0.2) is 0 Å². The summed E-state index contributed by atoms with van der Waals surface area (Å²) in [6.07, 6.45) is 0.420. The first-order valence-corrected chi connectivity index (χ1v) is 9.70. The van der Waals surface area contributed by atoms with Gasteiger partial charge in [0.25, 0.3) is 11.8 Å². The predicted octanol–water partition coefficient (Wildman–Crippen LogP) is 4.09. The number of hydrogen-bond acceptors (Lipinski definition) is 3. The Bertz CT molecular complexity index is 1020. The maximum Gasteiger partial charge on any atom is 0.255 e. The summed E-state index contributed by atoms with van der Waals surface area (Å²) in [5.74, 6) is -1.05. The van der Waals surface area contributed by atoms with Gasteiger partial charge in [-0.3, -0.25) is 14.4 Å². The molecule has 0 aliphatic carbocycles. The van der Waals surface area contributed by atoms with Gasteiger partial charge in [-0.15, -0.1) is 0 Å². The zero-order valence-corrected chi connectivity index (χ0v) is 16.6. The largest absolute Gasteiger partial charge is 0.340 e. The molecule has 6 heteroatoms. The molecule has 3 amide bonds. The molecular formula is C24H23N3O3. The molecule has 0 aromatic heterocycles. The van der Waals surface area contributed by atoms with Crippen LogP contribution in [0, 0.1) is 0 Å². The van der Waals surface area contributed by atoms with Crippen molar-refractivity contribution < 1.29 is 14.4 Å². The first-order valence-electron chi connectivity index (χ1n) is 9.70. The molecule has 3 N–H and O–H groups in total. The van der Waals surface area contributed by atoms with Crippen molar-refractivity contribution in [2.45, 2.75) is 19.4 Å². The van der Waals surface area contributed by atoms with Crippen LogP contribution in [0.5, 0.6) is 0 Å². The van der Waals surface area contributed by atoms with Crippen molar-refractivity contribution in [2.75, 3.05) is 10.6 Å². The molecule has 30 heavy (non-hydrogen) atoms. The fraction of sp³-hybridized carbons (Fsp3) is 0.125. The molecule has 0 radical (unpaired) electrons. The van der Waals surface area contributed by atoms with Crippen molar-refractivity contribution in [3.8, 4) is 0 Å². The van der Waals surface area contributed by atoms with E-state index in [0.29, 0.717) is 23.4 Å². The van der Waals surface area contributed by atoms with Gasteiger partial charge in [0.2, 0.25) is 5.91 Å². The Labute approximate surface area is 175 Å². The number of para-hydroxylation sites is 2. The van der Waals surface area contributed by atoms with Gasteiger partial charge in [0, 0.05) is 11.3 Å². The lowest BCUT2D eigenvalue weighted by atomic mass is 10.1. The molecule has 152 valence electrons. The van der Waals surface area contributed by atoms with Gasteiger partial charge in [-0.1, -0.05) is 55.5 Å². The number of amides is 3. The molecule has 0 aliphatic heterocycles. The Hall–Kier alpha value is -3.93. The van der Waals surface area contributed by atoms with E-state index in [1.807, 2.05) is 31.2 Å². The molecular weight excluding hydrogens is 378 g/mol. The molecule has 6 nitrogen and oxygen atoms in total. The van der Waals surface area contributed by atoms with Gasteiger partial charge in [0.05, 0.1) is 11.3 Å². The standard InChI is InChI=1S/C24H23N3O3/c1-2-20(24(30)25-18-13-7-4-8-14-18)26-23(29)19-15-9-10-16-21(19)27-22(28)17-11-5-3-6-12-17/h3-16,20H,2H2,1H3,(H,25,30)(H,26,29)(H,27,28)/t20-/m1/s1. The molecule has 0 heterocycles. The van der Waals surface area contributed by atoms with Crippen molar-refractivity contribution in [1.29, 1.82) is 0 Å². The second kappa shape index (κ2) is 10.0. The number of carbonyl (C=O) groups excluding carboxylic acids is 3. The third-order valence-electron chi connectivity index (χ3n) is 4.53. The monoisotopic (exact) mass is 401 g/mol. The van der Waals surface area contributed by atoms with Gasteiger partial charge in [-0.05, 0) is 42.8 Å². The highest BCUT2D eigenvalue weighted by molar-refractivity contribution is 6.09. The molecule has 1 atom stereocenters. The fourth-order valence-electron chi connectivity index (χ4n) is 2.91. The average Bonchev–Trinajstić information content (AvgIpc) is 2.78. The Balaban J connectivity index is 1.71. The van der Waals surface area contributed by atoms with E-state index in [-0.39, 0.29) is 17.4 Å². The van der Waals surface area contributed by atoms with E-state index in [0.717, 1.165) is 0 Å². The summed E-state index contributed by atoms with van der Waals surface area (Å²) in [7, 11) is 0. The van der Waals surface area contributed by atoms with Crippen LogP contribution in [0.2, 0.25) is 0 Å². The lowest BCUT2D eigenvalue weighted by Gasteiger charge is -2.18. The minimum absolute atomic E-state index is 0.285. The molecule has 3 aromatic carbocycles. The van der Waals surface area contributed by atoms with Crippen molar-refractivity contribution in [1.82, 2.24) is 5.32 Å². The summed E-state index contributed by atoms with van der Waals surface area (Å²) in [5, 5.41) is 8.32. The molecule has 3 rings (SSSR count). The zero-order chi connectivity index (χ0) is 21.3. The van der Waals surface area contributed by atoms with Gasteiger partial charge >= 0.3 is 0 Å². The first-order chi connectivity index (χ1) is 14.6. The Morgan fingerprint density at radius 2 is 1.33 bits per heavy atom. The van der Waals surface area contributed by atoms with E-state index in [9.17, 15) is 14.4 Å². The summed E-state index contributed by atoms with van der Waals surface area (Å²) in [4.78, 5) is 37.9. The van der Waals surface area contributed by atoms with Crippen LogP contribution in [0.25, 0.3) is 0 Å². The van der Waals surface area contributed by atoms with E-state index < -0.39 is 11.9 Å². The second-order valence-electron chi connectivity index (χ2n) is 6.66. The number of carbonyl (C=O) groups is 3. The van der Waals surface area contributed by atoms with E-state index in [1.54, 1.807) is 60.7 Å². The molecule has 0 fully saturated rings. The third-order valence-corrected chi connectivity index (χ3v) is 4.53. The van der Waals surface area contributed by atoms with E-state index >= 15 is 0 Å². The first kappa shape index (κ1) is 20.8.